The van der Waals surface area contributed by atoms with Gasteiger partial charge in [0.1, 0.15) is 17.6 Å². The summed E-state index contributed by atoms with van der Waals surface area (Å²) in [4.78, 5) is 0. The van der Waals surface area contributed by atoms with Gasteiger partial charge in [-0.05, 0) is 44.7 Å². The smallest absolute Gasteiger partial charge is 0.134 e. The lowest BCUT2D eigenvalue weighted by molar-refractivity contribution is -0.00377. The number of hydrogen-bond acceptors (Lipinski definition) is 3. The van der Waals surface area contributed by atoms with E-state index in [1.54, 1.807) is 0 Å². The van der Waals surface area contributed by atoms with Crippen molar-refractivity contribution in [3.05, 3.63) is 23.7 Å². The van der Waals surface area contributed by atoms with Crippen LogP contribution in [0, 0.1) is 12.8 Å². The Kier molecular flexibility index (Phi) is 4.84. The van der Waals surface area contributed by atoms with E-state index in [0.29, 0.717) is 5.92 Å². The molecule has 1 saturated carbocycles. The Morgan fingerprint density at radius 3 is 2.61 bits per heavy atom. The standard InChI is InChI=1S/C15H25NO2/c1-11-8-9-14(18-11)15(12(2)16)17-10-13-6-4-3-5-7-13/h8-9,12-13,15H,3-7,10,16H2,1-2H3. The van der Waals surface area contributed by atoms with Crippen LogP contribution in [-0.4, -0.2) is 12.6 Å². The van der Waals surface area contributed by atoms with Crippen LogP contribution in [0.3, 0.4) is 0 Å². The van der Waals surface area contributed by atoms with Crippen LogP contribution in [0.15, 0.2) is 16.5 Å². The van der Waals surface area contributed by atoms with Gasteiger partial charge in [0, 0.05) is 6.04 Å². The summed E-state index contributed by atoms with van der Waals surface area (Å²) in [6.07, 6.45) is 6.55. The van der Waals surface area contributed by atoms with Crippen LogP contribution >= 0.6 is 0 Å². The van der Waals surface area contributed by atoms with Crippen molar-refractivity contribution in [1.29, 1.82) is 0 Å². The SMILES string of the molecule is Cc1ccc(C(OCC2CCCCC2)C(C)N)o1. The molecule has 0 spiro atoms. The van der Waals surface area contributed by atoms with Crippen molar-refractivity contribution in [3.8, 4) is 0 Å². The minimum Gasteiger partial charge on any atom is -0.464 e. The first-order valence-corrected chi connectivity index (χ1v) is 7.10. The van der Waals surface area contributed by atoms with Gasteiger partial charge in [-0.2, -0.15) is 0 Å². The Bertz CT molecular complexity index is 353. The van der Waals surface area contributed by atoms with Gasteiger partial charge in [-0.25, -0.2) is 0 Å². The molecule has 0 aliphatic heterocycles. The predicted molar refractivity (Wildman–Crippen MR) is 72.4 cm³/mol. The fourth-order valence-corrected chi connectivity index (χ4v) is 2.69. The maximum atomic E-state index is 6.02. The van der Waals surface area contributed by atoms with Gasteiger partial charge in [0.05, 0.1) is 6.61 Å². The lowest BCUT2D eigenvalue weighted by Gasteiger charge is -2.25. The van der Waals surface area contributed by atoms with Crippen molar-refractivity contribution >= 4 is 0 Å². The highest BCUT2D eigenvalue weighted by atomic mass is 16.5. The molecule has 1 aromatic rings. The molecule has 1 aromatic heterocycles. The first kappa shape index (κ1) is 13.6. The molecule has 1 heterocycles. The zero-order valence-electron chi connectivity index (χ0n) is 11.5. The van der Waals surface area contributed by atoms with Gasteiger partial charge in [-0.1, -0.05) is 19.3 Å². The average molecular weight is 251 g/mol. The average Bonchev–Trinajstić information content (AvgIpc) is 2.77. The molecule has 2 rings (SSSR count). The number of hydrogen-bond donors (Lipinski definition) is 1. The van der Waals surface area contributed by atoms with Crippen molar-refractivity contribution in [3.63, 3.8) is 0 Å². The highest BCUT2D eigenvalue weighted by Crippen LogP contribution is 2.28. The second kappa shape index (κ2) is 6.39. The minimum atomic E-state index is -0.111. The topological polar surface area (TPSA) is 48.4 Å². The van der Waals surface area contributed by atoms with Gasteiger partial charge in [-0.15, -0.1) is 0 Å². The Morgan fingerprint density at radius 2 is 2.06 bits per heavy atom. The van der Waals surface area contributed by atoms with Crippen LogP contribution in [0.25, 0.3) is 0 Å². The summed E-state index contributed by atoms with van der Waals surface area (Å²) in [5.41, 5.74) is 6.01. The summed E-state index contributed by atoms with van der Waals surface area (Å²) < 4.78 is 11.7. The lowest BCUT2D eigenvalue weighted by Crippen LogP contribution is -2.28. The van der Waals surface area contributed by atoms with E-state index < -0.39 is 0 Å². The van der Waals surface area contributed by atoms with Crippen molar-refractivity contribution in [2.24, 2.45) is 11.7 Å². The van der Waals surface area contributed by atoms with E-state index in [-0.39, 0.29) is 12.1 Å². The third-order valence-electron chi connectivity index (χ3n) is 3.76. The minimum absolute atomic E-state index is 0.0425. The van der Waals surface area contributed by atoms with E-state index in [1.165, 1.54) is 32.1 Å². The molecule has 2 unspecified atom stereocenters. The van der Waals surface area contributed by atoms with Crippen LogP contribution in [0.2, 0.25) is 0 Å². The molecule has 0 amide bonds. The third-order valence-corrected chi connectivity index (χ3v) is 3.76. The molecule has 3 nitrogen and oxygen atoms in total. The molecular formula is C15H25NO2. The van der Waals surface area contributed by atoms with Gasteiger partial charge in [0.2, 0.25) is 0 Å². The van der Waals surface area contributed by atoms with E-state index in [1.807, 2.05) is 26.0 Å². The summed E-state index contributed by atoms with van der Waals surface area (Å²) in [6, 6.07) is 3.90. The molecule has 0 saturated heterocycles. The van der Waals surface area contributed by atoms with Crippen molar-refractivity contribution in [1.82, 2.24) is 0 Å². The predicted octanol–water partition coefficient (Wildman–Crippen LogP) is 3.57. The third kappa shape index (κ3) is 3.59. The molecule has 1 aliphatic carbocycles. The zero-order chi connectivity index (χ0) is 13.0. The van der Waals surface area contributed by atoms with Gasteiger partial charge in [0.15, 0.2) is 0 Å². The molecule has 18 heavy (non-hydrogen) atoms. The Morgan fingerprint density at radius 1 is 1.33 bits per heavy atom. The first-order valence-electron chi connectivity index (χ1n) is 7.10. The largest absolute Gasteiger partial charge is 0.464 e. The lowest BCUT2D eigenvalue weighted by atomic mass is 9.90. The van der Waals surface area contributed by atoms with Crippen LogP contribution in [0.4, 0.5) is 0 Å². The Hall–Kier alpha value is -0.800. The summed E-state index contributed by atoms with van der Waals surface area (Å²) in [5, 5.41) is 0. The van der Waals surface area contributed by atoms with E-state index in [2.05, 4.69) is 0 Å². The van der Waals surface area contributed by atoms with Crippen LogP contribution in [0.1, 0.15) is 56.7 Å². The zero-order valence-corrected chi connectivity index (χ0v) is 11.5. The molecule has 102 valence electrons. The van der Waals surface area contributed by atoms with E-state index in [9.17, 15) is 0 Å². The monoisotopic (exact) mass is 251 g/mol. The summed E-state index contributed by atoms with van der Waals surface area (Å²) in [6.45, 7) is 4.73. The van der Waals surface area contributed by atoms with Crippen molar-refractivity contribution < 1.29 is 9.15 Å². The molecule has 1 fully saturated rings. The van der Waals surface area contributed by atoms with Crippen molar-refractivity contribution in [2.45, 2.75) is 58.1 Å². The van der Waals surface area contributed by atoms with Crippen molar-refractivity contribution in [2.75, 3.05) is 6.61 Å². The molecule has 1 aliphatic rings. The van der Waals surface area contributed by atoms with Gasteiger partial charge >= 0.3 is 0 Å². The fourth-order valence-electron chi connectivity index (χ4n) is 2.69. The molecular weight excluding hydrogens is 226 g/mol. The second-order valence-corrected chi connectivity index (χ2v) is 5.57. The van der Waals surface area contributed by atoms with Crippen LogP contribution in [-0.2, 0) is 4.74 Å². The normalized spacial score (nSPS) is 20.8. The molecule has 2 N–H and O–H groups in total. The highest BCUT2D eigenvalue weighted by Gasteiger charge is 2.22. The number of ether oxygens (including phenoxy) is 1. The summed E-state index contributed by atoms with van der Waals surface area (Å²) in [7, 11) is 0. The number of nitrogens with two attached hydrogens (primary N) is 1. The maximum Gasteiger partial charge on any atom is 0.134 e. The van der Waals surface area contributed by atoms with Gasteiger partial charge in [0.25, 0.3) is 0 Å². The number of aryl methyl sites for hydroxylation is 1. The molecule has 0 aromatic carbocycles. The number of rotatable bonds is 5. The van der Waals surface area contributed by atoms with E-state index in [4.69, 9.17) is 14.9 Å². The number of furan rings is 1. The second-order valence-electron chi connectivity index (χ2n) is 5.57. The molecule has 0 radical (unpaired) electrons. The van der Waals surface area contributed by atoms with Gasteiger partial charge < -0.3 is 14.9 Å². The van der Waals surface area contributed by atoms with Crippen LogP contribution in [0.5, 0.6) is 0 Å². The molecule has 3 heteroatoms. The Balaban J connectivity index is 1.90. The van der Waals surface area contributed by atoms with E-state index in [0.717, 1.165) is 18.1 Å². The Labute approximate surface area is 110 Å². The fraction of sp³-hybridized carbons (Fsp3) is 0.733. The first-order chi connectivity index (χ1) is 8.66. The molecule has 2 atom stereocenters. The van der Waals surface area contributed by atoms with E-state index >= 15 is 0 Å². The summed E-state index contributed by atoms with van der Waals surface area (Å²) >= 11 is 0. The van der Waals surface area contributed by atoms with Crippen LogP contribution < -0.4 is 5.73 Å². The maximum absolute atomic E-state index is 6.02. The quantitative estimate of drug-likeness (QED) is 0.870. The molecule has 0 bridgehead atoms. The highest BCUT2D eigenvalue weighted by molar-refractivity contribution is 5.09. The summed E-state index contributed by atoms with van der Waals surface area (Å²) in [5.74, 6) is 2.48. The van der Waals surface area contributed by atoms with Gasteiger partial charge in [-0.3, -0.25) is 0 Å².